The zero-order chi connectivity index (χ0) is 21.4. The summed E-state index contributed by atoms with van der Waals surface area (Å²) in [4.78, 5) is 34.3. The molecule has 156 valence electrons. The van der Waals surface area contributed by atoms with Gasteiger partial charge in [-0.05, 0) is 51.8 Å². The van der Waals surface area contributed by atoms with Gasteiger partial charge in [0.2, 0.25) is 0 Å². The molecule has 1 heterocycles. The van der Waals surface area contributed by atoms with Crippen LogP contribution in [0.15, 0.2) is 33.9 Å². The monoisotopic (exact) mass is 464 g/mol. The average molecular weight is 465 g/mol. The number of imidazole rings is 1. The SMILES string of the molecule is COC(=O)Nc1ccc(-c2cnc(CCCC=NC(=O)OC(C)(C)C)[nH]2)c(Br)c1. The topological polar surface area (TPSA) is 106 Å². The van der Waals surface area contributed by atoms with Crippen LogP contribution >= 0.6 is 15.9 Å². The molecule has 0 radical (unpaired) electrons. The van der Waals surface area contributed by atoms with Crippen molar-refractivity contribution in [3.8, 4) is 11.3 Å². The number of hydrogen-bond acceptors (Lipinski definition) is 5. The van der Waals surface area contributed by atoms with Crippen LogP contribution in [-0.4, -0.2) is 41.1 Å². The quantitative estimate of drug-likeness (QED) is 0.442. The Labute approximate surface area is 178 Å². The summed E-state index contributed by atoms with van der Waals surface area (Å²) in [6.07, 6.45) is 4.39. The Morgan fingerprint density at radius 1 is 1.34 bits per heavy atom. The van der Waals surface area contributed by atoms with Crippen LogP contribution in [0, 0.1) is 0 Å². The lowest BCUT2D eigenvalue weighted by Gasteiger charge is -2.16. The number of hydrogen-bond donors (Lipinski definition) is 2. The molecule has 0 unspecified atom stereocenters. The number of amides is 2. The molecule has 2 aromatic rings. The van der Waals surface area contributed by atoms with Crippen LogP contribution in [-0.2, 0) is 15.9 Å². The lowest BCUT2D eigenvalue weighted by Crippen LogP contribution is -2.21. The van der Waals surface area contributed by atoms with Gasteiger partial charge in [-0.1, -0.05) is 15.9 Å². The predicted molar refractivity (Wildman–Crippen MR) is 115 cm³/mol. The van der Waals surface area contributed by atoms with Gasteiger partial charge >= 0.3 is 12.2 Å². The number of ether oxygens (including phenoxy) is 2. The minimum absolute atomic E-state index is 0.524. The normalized spacial score (nSPS) is 11.5. The molecular formula is C20H25BrN4O4. The third-order valence-electron chi connectivity index (χ3n) is 3.66. The largest absolute Gasteiger partial charge is 0.453 e. The number of carbonyl (C=O) groups is 2. The van der Waals surface area contributed by atoms with Crippen molar-refractivity contribution in [2.45, 2.75) is 45.6 Å². The van der Waals surface area contributed by atoms with Crippen LogP contribution in [0.5, 0.6) is 0 Å². The number of nitrogens with zero attached hydrogens (tertiary/aromatic N) is 2. The zero-order valence-electron chi connectivity index (χ0n) is 16.9. The maximum absolute atomic E-state index is 11.5. The Balaban J connectivity index is 1.88. The molecule has 1 aromatic carbocycles. The van der Waals surface area contributed by atoms with E-state index < -0.39 is 17.8 Å². The molecule has 0 bridgehead atoms. The van der Waals surface area contributed by atoms with E-state index in [1.807, 2.05) is 6.07 Å². The minimum atomic E-state index is -0.576. The molecule has 29 heavy (non-hydrogen) atoms. The van der Waals surface area contributed by atoms with Crippen molar-refractivity contribution in [1.82, 2.24) is 9.97 Å². The lowest BCUT2D eigenvalue weighted by atomic mass is 10.1. The molecule has 2 amide bonds. The van der Waals surface area contributed by atoms with Crippen molar-refractivity contribution in [3.63, 3.8) is 0 Å². The number of unbranched alkanes of at least 4 members (excludes halogenated alkanes) is 1. The fourth-order valence-electron chi connectivity index (χ4n) is 2.39. The maximum atomic E-state index is 11.5. The van der Waals surface area contributed by atoms with E-state index in [1.165, 1.54) is 7.11 Å². The Morgan fingerprint density at radius 2 is 2.10 bits per heavy atom. The van der Waals surface area contributed by atoms with Crippen LogP contribution in [0.3, 0.4) is 0 Å². The van der Waals surface area contributed by atoms with Crippen molar-refractivity contribution in [1.29, 1.82) is 0 Å². The van der Waals surface area contributed by atoms with Crippen LogP contribution in [0.4, 0.5) is 15.3 Å². The van der Waals surface area contributed by atoms with Crippen LogP contribution < -0.4 is 5.32 Å². The van der Waals surface area contributed by atoms with Gasteiger partial charge in [-0.2, -0.15) is 4.99 Å². The van der Waals surface area contributed by atoms with E-state index >= 15 is 0 Å². The average Bonchev–Trinajstić information content (AvgIpc) is 3.08. The third-order valence-corrected chi connectivity index (χ3v) is 4.31. The molecule has 0 aliphatic carbocycles. The predicted octanol–water partition coefficient (Wildman–Crippen LogP) is 5.35. The Kier molecular flexibility index (Phi) is 7.95. The number of H-pyrrole nitrogens is 1. The first kappa shape index (κ1) is 22.6. The van der Waals surface area contributed by atoms with Crippen molar-refractivity contribution in [2.75, 3.05) is 12.4 Å². The second kappa shape index (κ2) is 10.2. The van der Waals surface area contributed by atoms with Crippen molar-refractivity contribution in [2.24, 2.45) is 4.99 Å². The van der Waals surface area contributed by atoms with Crippen molar-refractivity contribution >= 4 is 40.0 Å². The van der Waals surface area contributed by atoms with E-state index in [0.29, 0.717) is 12.1 Å². The van der Waals surface area contributed by atoms with Crippen LogP contribution in [0.1, 0.15) is 39.4 Å². The Bertz CT molecular complexity index is 887. The highest BCUT2D eigenvalue weighted by Crippen LogP contribution is 2.29. The number of methoxy groups -OCH3 is 1. The molecule has 0 saturated carbocycles. The summed E-state index contributed by atoms with van der Waals surface area (Å²) < 4.78 is 10.5. The number of anilines is 1. The Morgan fingerprint density at radius 3 is 2.76 bits per heavy atom. The fraction of sp³-hybridized carbons (Fsp3) is 0.400. The molecular weight excluding hydrogens is 440 g/mol. The van der Waals surface area contributed by atoms with Gasteiger partial charge in [0.15, 0.2) is 0 Å². The van der Waals surface area contributed by atoms with Gasteiger partial charge in [-0.25, -0.2) is 14.6 Å². The molecule has 9 heteroatoms. The standard InChI is InChI=1S/C20H25BrN4O4/c1-20(2,3)29-18(26)22-10-6-5-7-17-23-12-16(25-17)14-9-8-13(11-15(14)21)24-19(27)28-4/h8-12H,5-7H2,1-4H3,(H,23,25)(H,24,27). The summed E-state index contributed by atoms with van der Waals surface area (Å²) in [5.74, 6) is 0.842. The van der Waals surface area contributed by atoms with Crippen LogP contribution in [0.25, 0.3) is 11.3 Å². The highest BCUT2D eigenvalue weighted by Gasteiger charge is 2.14. The van der Waals surface area contributed by atoms with Gasteiger partial charge < -0.3 is 14.5 Å². The molecule has 0 atom stereocenters. The number of aromatic nitrogens is 2. The van der Waals surface area contributed by atoms with Gasteiger partial charge in [0.25, 0.3) is 0 Å². The van der Waals surface area contributed by atoms with Crippen molar-refractivity contribution < 1.29 is 19.1 Å². The van der Waals surface area contributed by atoms with E-state index in [4.69, 9.17) is 4.74 Å². The summed E-state index contributed by atoms with van der Waals surface area (Å²) >= 11 is 3.51. The summed E-state index contributed by atoms with van der Waals surface area (Å²) in [5, 5.41) is 2.61. The molecule has 0 spiro atoms. The van der Waals surface area contributed by atoms with Gasteiger partial charge in [0.05, 0.1) is 19.0 Å². The first-order chi connectivity index (χ1) is 13.7. The number of aryl methyl sites for hydroxylation is 1. The van der Waals surface area contributed by atoms with E-state index in [1.54, 1.807) is 45.3 Å². The lowest BCUT2D eigenvalue weighted by molar-refractivity contribution is 0.0605. The maximum Gasteiger partial charge on any atom is 0.433 e. The number of nitrogens with one attached hydrogen (secondary N) is 2. The molecule has 0 aliphatic heterocycles. The highest BCUT2D eigenvalue weighted by molar-refractivity contribution is 9.10. The summed E-state index contributed by atoms with van der Waals surface area (Å²) in [6.45, 7) is 5.41. The van der Waals surface area contributed by atoms with E-state index in [2.05, 4.69) is 40.9 Å². The van der Waals surface area contributed by atoms with Gasteiger partial charge in [-0.15, -0.1) is 0 Å². The second-order valence-corrected chi connectivity index (χ2v) is 8.09. The molecule has 2 N–H and O–H groups in total. The van der Waals surface area contributed by atoms with E-state index in [9.17, 15) is 9.59 Å². The summed E-state index contributed by atoms with van der Waals surface area (Å²) in [5.41, 5.74) is 1.86. The first-order valence-electron chi connectivity index (χ1n) is 9.12. The number of benzene rings is 1. The molecule has 2 rings (SSSR count). The smallest absolute Gasteiger partial charge is 0.433 e. The third kappa shape index (κ3) is 7.69. The molecule has 0 aliphatic rings. The number of rotatable bonds is 6. The zero-order valence-corrected chi connectivity index (χ0v) is 18.5. The number of aliphatic imine (C=N–C) groups is 1. The summed E-state index contributed by atoms with van der Waals surface area (Å²) in [7, 11) is 1.31. The number of aromatic amines is 1. The number of carbonyl (C=O) groups excluding carboxylic acids is 2. The number of halogens is 1. The fourth-order valence-corrected chi connectivity index (χ4v) is 2.99. The Hall–Kier alpha value is -2.68. The second-order valence-electron chi connectivity index (χ2n) is 7.24. The van der Waals surface area contributed by atoms with E-state index in [0.717, 1.165) is 34.4 Å². The molecule has 0 saturated heterocycles. The molecule has 8 nitrogen and oxygen atoms in total. The van der Waals surface area contributed by atoms with Crippen molar-refractivity contribution in [3.05, 3.63) is 34.7 Å². The summed E-state index contributed by atoms with van der Waals surface area (Å²) in [6, 6.07) is 5.45. The first-order valence-corrected chi connectivity index (χ1v) is 9.91. The molecule has 0 fully saturated rings. The van der Waals surface area contributed by atoms with Crippen LogP contribution in [0.2, 0.25) is 0 Å². The van der Waals surface area contributed by atoms with Gasteiger partial charge in [0, 0.05) is 28.4 Å². The van der Waals surface area contributed by atoms with E-state index in [-0.39, 0.29) is 0 Å². The minimum Gasteiger partial charge on any atom is -0.453 e. The van der Waals surface area contributed by atoms with Gasteiger partial charge in [-0.3, -0.25) is 5.32 Å². The highest BCUT2D eigenvalue weighted by atomic mass is 79.9. The molecule has 1 aromatic heterocycles. The van der Waals surface area contributed by atoms with Gasteiger partial charge in [0.1, 0.15) is 11.4 Å².